The molecule has 0 heterocycles. The minimum Gasteiger partial charge on any atom is -0.325 e. The van der Waals surface area contributed by atoms with Gasteiger partial charge in [0.25, 0.3) is 0 Å². The molecule has 0 bridgehead atoms. The summed E-state index contributed by atoms with van der Waals surface area (Å²) in [6, 6.07) is 9.47. The summed E-state index contributed by atoms with van der Waals surface area (Å²) in [5.41, 5.74) is 0.839. The number of nitrogens with one attached hydrogen (secondary N) is 1. The number of rotatable bonds is 2. The molecule has 0 aromatic heterocycles. The SMILES string of the molecule is O=C(Nc1ccccc1)C1C=CC=C1. The van der Waals surface area contributed by atoms with Gasteiger partial charge in [0.1, 0.15) is 0 Å². The lowest BCUT2D eigenvalue weighted by Crippen LogP contribution is -2.18. The molecular weight excluding hydrogens is 174 g/mol. The van der Waals surface area contributed by atoms with Crippen molar-refractivity contribution in [3.8, 4) is 0 Å². The van der Waals surface area contributed by atoms with Crippen molar-refractivity contribution in [2.75, 3.05) is 5.32 Å². The van der Waals surface area contributed by atoms with E-state index < -0.39 is 0 Å². The van der Waals surface area contributed by atoms with E-state index in [0.29, 0.717) is 0 Å². The van der Waals surface area contributed by atoms with Crippen LogP contribution >= 0.6 is 0 Å². The normalized spacial score (nSPS) is 14.6. The second-order valence-electron chi connectivity index (χ2n) is 3.15. The van der Waals surface area contributed by atoms with E-state index >= 15 is 0 Å². The number of benzene rings is 1. The maximum atomic E-state index is 11.6. The third kappa shape index (κ3) is 1.91. The zero-order chi connectivity index (χ0) is 9.80. The van der Waals surface area contributed by atoms with Crippen LogP contribution in [0.3, 0.4) is 0 Å². The zero-order valence-electron chi connectivity index (χ0n) is 7.68. The highest BCUT2D eigenvalue weighted by atomic mass is 16.1. The summed E-state index contributed by atoms with van der Waals surface area (Å²) in [5.74, 6) is -0.101. The summed E-state index contributed by atoms with van der Waals surface area (Å²) in [5, 5.41) is 2.84. The number of allylic oxidation sites excluding steroid dienone is 2. The second kappa shape index (κ2) is 3.92. The zero-order valence-corrected chi connectivity index (χ0v) is 7.68. The molecular formula is C12H11NO. The topological polar surface area (TPSA) is 29.1 Å². The van der Waals surface area contributed by atoms with Gasteiger partial charge in [-0.15, -0.1) is 0 Å². The van der Waals surface area contributed by atoms with E-state index in [4.69, 9.17) is 0 Å². The predicted molar refractivity (Wildman–Crippen MR) is 56.8 cm³/mol. The Morgan fingerprint density at radius 1 is 1.07 bits per heavy atom. The standard InChI is InChI=1S/C12H11NO/c14-12(10-6-4-5-7-10)13-11-8-2-1-3-9-11/h1-10H,(H,13,14). The Balaban J connectivity index is 2.02. The van der Waals surface area contributed by atoms with Crippen LogP contribution in [0.4, 0.5) is 5.69 Å². The van der Waals surface area contributed by atoms with Gasteiger partial charge < -0.3 is 5.32 Å². The van der Waals surface area contributed by atoms with Crippen LogP contribution in [0.5, 0.6) is 0 Å². The highest BCUT2D eigenvalue weighted by Gasteiger charge is 2.13. The van der Waals surface area contributed by atoms with Crippen molar-refractivity contribution in [2.45, 2.75) is 0 Å². The molecule has 1 aromatic rings. The number of carbonyl (C=O) groups is 1. The quantitative estimate of drug-likeness (QED) is 0.753. The van der Waals surface area contributed by atoms with E-state index in [1.807, 2.05) is 54.6 Å². The van der Waals surface area contributed by atoms with Gasteiger partial charge in [0.05, 0.1) is 5.92 Å². The minimum absolute atomic E-state index is 0.0150. The summed E-state index contributed by atoms with van der Waals surface area (Å²) in [7, 11) is 0. The van der Waals surface area contributed by atoms with Crippen molar-refractivity contribution in [3.05, 3.63) is 54.6 Å². The number of carbonyl (C=O) groups excluding carboxylic acids is 1. The molecule has 1 aliphatic carbocycles. The summed E-state index contributed by atoms with van der Waals surface area (Å²) >= 11 is 0. The van der Waals surface area contributed by atoms with Crippen molar-refractivity contribution in [2.24, 2.45) is 5.92 Å². The van der Waals surface area contributed by atoms with Gasteiger partial charge in [0.15, 0.2) is 0 Å². The monoisotopic (exact) mass is 185 g/mol. The maximum Gasteiger partial charge on any atom is 0.235 e. The Bertz CT molecular complexity index is 367. The van der Waals surface area contributed by atoms with Gasteiger partial charge in [-0.25, -0.2) is 0 Å². The van der Waals surface area contributed by atoms with Crippen molar-refractivity contribution < 1.29 is 4.79 Å². The molecule has 2 rings (SSSR count). The van der Waals surface area contributed by atoms with E-state index in [1.54, 1.807) is 0 Å². The first kappa shape index (κ1) is 8.75. The fraction of sp³-hybridized carbons (Fsp3) is 0.0833. The van der Waals surface area contributed by atoms with Crippen LogP contribution in [-0.4, -0.2) is 5.91 Å². The molecule has 0 unspecified atom stereocenters. The Morgan fingerprint density at radius 2 is 1.71 bits per heavy atom. The van der Waals surface area contributed by atoms with Gasteiger partial charge in [-0.1, -0.05) is 42.5 Å². The highest BCUT2D eigenvalue weighted by Crippen LogP contribution is 2.12. The summed E-state index contributed by atoms with van der Waals surface area (Å²) in [6.45, 7) is 0. The van der Waals surface area contributed by atoms with Crippen LogP contribution in [0.1, 0.15) is 0 Å². The Morgan fingerprint density at radius 3 is 2.36 bits per heavy atom. The van der Waals surface area contributed by atoms with Crippen LogP contribution in [0.25, 0.3) is 0 Å². The van der Waals surface area contributed by atoms with Crippen LogP contribution < -0.4 is 5.32 Å². The lowest BCUT2D eigenvalue weighted by atomic mass is 10.1. The van der Waals surface area contributed by atoms with Gasteiger partial charge in [-0.2, -0.15) is 0 Å². The van der Waals surface area contributed by atoms with E-state index in [-0.39, 0.29) is 11.8 Å². The van der Waals surface area contributed by atoms with Crippen LogP contribution in [0, 0.1) is 5.92 Å². The average molecular weight is 185 g/mol. The van der Waals surface area contributed by atoms with Gasteiger partial charge in [0.2, 0.25) is 5.91 Å². The Hall–Kier alpha value is -1.83. The molecule has 2 nitrogen and oxygen atoms in total. The molecule has 0 atom stereocenters. The van der Waals surface area contributed by atoms with Crippen molar-refractivity contribution >= 4 is 11.6 Å². The van der Waals surface area contributed by atoms with Gasteiger partial charge in [-0.3, -0.25) is 4.79 Å². The third-order valence-electron chi connectivity index (χ3n) is 2.09. The second-order valence-corrected chi connectivity index (χ2v) is 3.15. The fourth-order valence-corrected chi connectivity index (χ4v) is 1.35. The molecule has 14 heavy (non-hydrogen) atoms. The number of anilines is 1. The maximum absolute atomic E-state index is 11.6. The van der Waals surface area contributed by atoms with Gasteiger partial charge in [-0.05, 0) is 12.1 Å². The van der Waals surface area contributed by atoms with Crippen molar-refractivity contribution in [3.63, 3.8) is 0 Å². The summed E-state index contributed by atoms with van der Waals surface area (Å²) in [4.78, 5) is 11.6. The summed E-state index contributed by atoms with van der Waals surface area (Å²) < 4.78 is 0. The van der Waals surface area contributed by atoms with Crippen LogP contribution in [-0.2, 0) is 4.79 Å². The number of hydrogen-bond donors (Lipinski definition) is 1. The van der Waals surface area contributed by atoms with Crippen molar-refractivity contribution in [1.29, 1.82) is 0 Å². The lowest BCUT2D eigenvalue weighted by molar-refractivity contribution is -0.117. The first-order valence-corrected chi connectivity index (χ1v) is 4.57. The van der Waals surface area contributed by atoms with Crippen LogP contribution in [0.2, 0.25) is 0 Å². The first-order valence-electron chi connectivity index (χ1n) is 4.57. The molecule has 1 aromatic carbocycles. The molecule has 70 valence electrons. The smallest absolute Gasteiger partial charge is 0.235 e. The molecule has 1 amide bonds. The fourth-order valence-electron chi connectivity index (χ4n) is 1.35. The molecule has 1 N–H and O–H groups in total. The molecule has 0 saturated heterocycles. The van der Waals surface area contributed by atoms with E-state index in [2.05, 4.69) is 5.32 Å². The van der Waals surface area contributed by atoms with Crippen molar-refractivity contribution in [1.82, 2.24) is 0 Å². The van der Waals surface area contributed by atoms with E-state index in [0.717, 1.165) is 5.69 Å². The van der Waals surface area contributed by atoms with E-state index in [1.165, 1.54) is 0 Å². The largest absolute Gasteiger partial charge is 0.325 e. The Labute approximate surface area is 82.9 Å². The molecule has 0 radical (unpaired) electrons. The third-order valence-corrected chi connectivity index (χ3v) is 2.09. The molecule has 0 fully saturated rings. The minimum atomic E-state index is -0.116. The number of para-hydroxylation sites is 1. The molecule has 0 saturated carbocycles. The van der Waals surface area contributed by atoms with E-state index in [9.17, 15) is 4.79 Å². The Kier molecular flexibility index (Phi) is 2.45. The first-order chi connectivity index (χ1) is 6.86. The number of hydrogen-bond acceptors (Lipinski definition) is 1. The van der Waals surface area contributed by atoms with Gasteiger partial charge in [0, 0.05) is 5.69 Å². The lowest BCUT2D eigenvalue weighted by Gasteiger charge is -2.07. The predicted octanol–water partition coefficient (Wildman–Crippen LogP) is 2.37. The van der Waals surface area contributed by atoms with Crippen LogP contribution in [0.15, 0.2) is 54.6 Å². The molecule has 0 spiro atoms. The average Bonchev–Trinajstić information content (AvgIpc) is 2.72. The van der Waals surface area contributed by atoms with Gasteiger partial charge >= 0.3 is 0 Å². The highest BCUT2D eigenvalue weighted by molar-refractivity contribution is 5.95. The molecule has 0 aliphatic heterocycles. The summed E-state index contributed by atoms with van der Waals surface area (Å²) in [6.07, 6.45) is 7.51. The molecule has 1 aliphatic rings. The number of amides is 1. The molecule has 2 heteroatoms.